The van der Waals surface area contributed by atoms with Crippen molar-refractivity contribution in [1.82, 2.24) is 24.7 Å². The molecule has 0 aliphatic heterocycles. The molecule has 2 heterocycles. The van der Waals surface area contributed by atoms with Crippen molar-refractivity contribution >= 4 is 11.8 Å². The molecule has 0 atom stereocenters. The Kier molecular flexibility index (Phi) is 4.15. The first-order valence-electron chi connectivity index (χ1n) is 7.00. The normalized spacial score (nSPS) is 11.2. The quantitative estimate of drug-likeness (QED) is 0.707. The minimum absolute atomic E-state index is 0.186. The van der Waals surface area contributed by atoms with E-state index in [0.717, 1.165) is 5.82 Å². The van der Waals surface area contributed by atoms with Gasteiger partial charge in [0, 0.05) is 18.4 Å². The minimum atomic E-state index is 0.186. The Hall–Kier alpha value is -2.28. The van der Waals surface area contributed by atoms with Gasteiger partial charge in [0.05, 0.1) is 11.3 Å². The SMILES string of the molecule is CC(C)n1ccnc1CSc1n[nH]c(-c2ccccc2O)n1. The summed E-state index contributed by atoms with van der Waals surface area (Å²) in [5, 5.41) is 17.5. The number of aromatic hydroxyl groups is 1. The second kappa shape index (κ2) is 6.23. The van der Waals surface area contributed by atoms with Crippen LogP contribution in [-0.2, 0) is 5.75 Å². The lowest BCUT2D eigenvalue weighted by atomic mass is 10.2. The summed E-state index contributed by atoms with van der Waals surface area (Å²) in [5.41, 5.74) is 0.644. The molecule has 0 spiro atoms. The lowest BCUT2D eigenvalue weighted by molar-refractivity contribution is 0.477. The van der Waals surface area contributed by atoms with E-state index in [4.69, 9.17) is 0 Å². The van der Waals surface area contributed by atoms with Crippen LogP contribution in [-0.4, -0.2) is 29.8 Å². The standard InChI is InChI=1S/C15H17N5OS/c1-10(2)20-8-7-16-13(20)9-22-15-17-14(18-19-15)11-5-3-4-6-12(11)21/h3-8,10,21H,9H2,1-2H3,(H,17,18,19). The molecule has 114 valence electrons. The zero-order valence-electron chi connectivity index (χ0n) is 12.4. The van der Waals surface area contributed by atoms with Crippen LogP contribution in [0.2, 0.25) is 0 Å². The summed E-state index contributed by atoms with van der Waals surface area (Å²) in [6, 6.07) is 7.43. The molecule has 2 aromatic heterocycles. The van der Waals surface area contributed by atoms with Crippen molar-refractivity contribution in [2.75, 3.05) is 0 Å². The number of nitrogens with one attached hydrogen (secondary N) is 1. The number of imidazole rings is 1. The Bertz CT molecular complexity index is 765. The molecule has 0 aliphatic carbocycles. The summed E-state index contributed by atoms with van der Waals surface area (Å²) in [4.78, 5) is 8.78. The maximum atomic E-state index is 9.84. The number of rotatable bonds is 5. The second-order valence-electron chi connectivity index (χ2n) is 5.12. The number of hydrogen-bond donors (Lipinski definition) is 2. The zero-order valence-corrected chi connectivity index (χ0v) is 13.2. The maximum absolute atomic E-state index is 9.84. The average Bonchev–Trinajstić information content (AvgIpc) is 3.14. The number of nitrogens with zero attached hydrogens (tertiary/aromatic N) is 4. The van der Waals surface area contributed by atoms with Gasteiger partial charge in [0.1, 0.15) is 11.6 Å². The number of benzene rings is 1. The molecule has 0 radical (unpaired) electrons. The average molecular weight is 315 g/mol. The molecule has 2 N–H and O–H groups in total. The molecule has 0 fully saturated rings. The lowest BCUT2D eigenvalue weighted by Crippen LogP contribution is -2.04. The van der Waals surface area contributed by atoms with E-state index in [9.17, 15) is 5.11 Å². The Labute approximate surface area is 132 Å². The molecule has 0 bridgehead atoms. The molecule has 0 saturated carbocycles. The van der Waals surface area contributed by atoms with Gasteiger partial charge in [-0.15, -0.1) is 5.10 Å². The highest BCUT2D eigenvalue weighted by atomic mass is 32.2. The fourth-order valence-corrected chi connectivity index (χ4v) is 2.91. The van der Waals surface area contributed by atoms with Crippen LogP contribution in [0.25, 0.3) is 11.4 Å². The number of hydrogen-bond acceptors (Lipinski definition) is 5. The van der Waals surface area contributed by atoms with Gasteiger partial charge in [0.25, 0.3) is 0 Å². The van der Waals surface area contributed by atoms with E-state index in [-0.39, 0.29) is 5.75 Å². The predicted molar refractivity (Wildman–Crippen MR) is 85.7 cm³/mol. The third-order valence-corrected chi connectivity index (χ3v) is 4.10. The van der Waals surface area contributed by atoms with E-state index < -0.39 is 0 Å². The Morgan fingerprint density at radius 2 is 2.14 bits per heavy atom. The van der Waals surface area contributed by atoms with Crippen molar-refractivity contribution in [3.63, 3.8) is 0 Å². The molecule has 0 saturated heterocycles. The third kappa shape index (κ3) is 2.99. The van der Waals surface area contributed by atoms with Gasteiger partial charge >= 0.3 is 0 Å². The number of aromatic nitrogens is 5. The van der Waals surface area contributed by atoms with Crippen LogP contribution in [0, 0.1) is 0 Å². The summed E-state index contributed by atoms with van der Waals surface area (Å²) in [6.45, 7) is 4.25. The van der Waals surface area contributed by atoms with E-state index in [1.54, 1.807) is 24.4 Å². The monoisotopic (exact) mass is 315 g/mol. The topological polar surface area (TPSA) is 79.6 Å². The molecule has 6 nitrogen and oxygen atoms in total. The molecule has 7 heteroatoms. The molecular weight excluding hydrogens is 298 g/mol. The first-order valence-corrected chi connectivity index (χ1v) is 7.99. The van der Waals surface area contributed by atoms with Crippen LogP contribution in [0.3, 0.4) is 0 Å². The maximum Gasteiger partial charge on any atom is 0.209 e. The Balaban J connectivity index is 1.73. The fourth-order valence-electron chi connectivity index (χ4n) is 2.16. The lowest BCUT2D eigenvalue weighted by Gasteiger charge is -2.10. The minimum Gasteiger partial charge on any atom is -0.507 e. The van der Waals surface area contributed by atoms with Crippen molar-refractivity contribution in [1.29, 1.82) is 0 Å². The summed E-state index contributed by atoms with van der Waals surface area (Å²) in [6.07, 6.45) is 3.78. The van der Waals surface area contributed by atoms with Gasteiger partial charge in [0.15, 0.2) is 5.82 Å². The highest BCUT2D eigenvalue weighted by Gasteiger charge is 2.11. The summed E-state index contributed by atoms with van der Waals surface area (Å²) < 4.78 is 2.13. The third-order valence-electron chi connectivity index (χ3n) is 3.26. The van der Waals surface area contributed by atoms with Gasteiger partial charge in [-0.2, -0.15) is 0 Å². The highest BCUT2D eigenvalue weighted by Crippen LogP contribution is 2.27. The van der Waals surface area contributed by atoms with Crippen LogP contribution in [0.5, 0.6) is 5.75 Å². The van der Waals surface area contributed by atoms with Gasteiger partial charge < -0.3 is 9.67 Å². The van der Waals surface area contributed by atoms with Crippen molar-refractivity contribution in [3.05, 3.63) is 42.5 Å². The largest absolute Gasteiger partial charge is 0.507 e. The first kappa shape index (κ1) is 14.6. The first-order chi connectivity index (χ1) is 10.6. The number of para-hydroxylation sites is 1. The molecule has 0 amide bonds. The molecular formula is C15H17N5OS. The molecule has 22 heavy (non-hydrogen) atoms. The van der Waals surface area contributed by atoms with Crippen molar-refractivity contribution in [2.45, 2.75) is 30.8 Å². The number of H-pyrrole nitrogens is 1. The van der Waals surface area contributed by atoms with Gasteiger partial charge in [-0.3, -0.25) is 5.10 Å². The van der Waals surface area contributed by atoms with Gasteiger partial charge in [-0.05, 0) is 26.0 Å². The number of phenols is 1. The van der Waals surface area contributed by atoms with E-state index in [0.29, 0.717) is 28.3 Å². The summed E-state index contributed by atoms with van der Waals surface area (Å²) >= 11 is 1.51. The van der Waals surface area contributed by atoms with Crippen LogP contribution >= 0.6 is 11.8 Å². The Morgan fingerprint density at radius 1 is 1.32 bits per heavy atom. The van der Waals surface area contributed by atoms with Crippen LogP contribution < -0.4 is 0 Å². The number of aromatic amines is 1. The van der Waals surface area contributed by atoms with Gasteiger partial charge in [0.2, 0.25) is 5.16 Å². The fraction of sp³-hybridized carbons (Fsp3) is 0.267. The van der Waals surface area contributed by atoms with Crippen LogP contribution in [0.1, 0.15) is 25.7 Å². The molecule has 1 aromatic carbocycles. The van der Waals surface area contributed by atoms with Crippen LogP contribution in [0.4, 0.5) is 0 Å². The van der Waals surface area contributed by atoms with Crippen molar-refractivity contribution in [3.8, 4) is 17.1 Å². The summed E-state index contributed by atoms with van der Waals surface area (Å²) in [7, 11) is 0. The number of thioether (sulfide) groups is 1. The van der Waals surface area contributed by atoms with Crippen molar-refractivity contribution < 1.29 is 5.11 Å². The molecule has 3 rings (SSSR count). The van der Waals surface area contributed by atoms with E-state index in [1.165, 1.54) is 11.8 Å². The van der Waals surface area contributed by atoms with Crippen molar-refractivity contribution in [2.24, 2.45) is 0 Å². The number of phenolic OH excluding ortho intramolecular Hbond substituents is 1. The smallest absolute Gasteiger partial charge is 0.209 e. The second-order valence-corrected chi connectivity index (χ2v) is 6.06. The summed E-state index contributed by atoms with van der Waals surface area (Å²) in [5.74, 6) is 2.44. The molecule has 0 unspecified atom stereocenters. The van der Waals surface area contributed by atoms with Crippen LogP contribution in [0.15, 0.2) is 41.8 Å². The van der Waals surface area contributed by atoms with E-state index in [2.05, 4.69) is 38.6 Å². The molecule has 3 aromatic rings. The zero-order chi connectivity index (χ0) is 15.5. The Morgan fingerprint density at radius 3 is 2.91 bits per heavy atom. The van der Waals surface area contributed by atoms with Gasteiger partial charge in [-0.25, -0.2) is 9.97 Å². The van der Waals surface area contributed by atoms with E-state index in [1.807, 2.05) is 12.3 Å². The van der Waals surface area contributed by atoms with E-state index >= 15 is 0 Å². The molecule has 0 aliphatic rings. The highest BCUT2D eigenvalue weighted by molar-refractivity contribution is 7.98. The predicted octanol–water partition coefficient (Wildman–Crippen LogP) is 3.25. The van der Waals surface area contributed by atoms with Gasteiger partial charge in [-0.1, -0.05) is 23.9 Å².